The standard InChI is InChI=1S/C26H22N4O/c1-18(28-26(31)20-13-15-27-16-14-20)25-29-23-11-4-5-12-24(23)30(25)17-21-9-6-8-19-7-2-3-10-22(19)21/h2-16,18H,17H2,1H3,(H,28,31). The zero-order valence-corrected chi connectivity index (χ0v) is 17.2. The van der Waals surface area contributed by atoms with Crippen LogP contribution in [0.15, 0.2) is 91.3 Å². The van der Waals surface area contributed by atoms with Crippen molar-refractivity contribution in [2.75, 3.05) is 0 Å². The molecule has 3 aromatic carbocycles. The van der Waals surface area contributed by atoms with Crippen LogP contribution in [0.1, 0.15) is 34.7 Å². The molecule has 152 valence electrons. The van der Waals surface area contributed by atoms with Crippen LogP contribution >= 0.6 is 0 Å². The highest BCUT2D eigenvalue weighted by Crippen LogP contribution is 2.25. The number of hydrogen-bond acceptors (Lipinski definition) is 3. The van der Waals surface area contributed by atoms with E-state index in [1.54, 1.807) is 24.5 Å². The quantitative estimate of drug-likeness (QED) is 0.440. The largest absolute Gasteiger partial charge is 0.342 e. The summed E-state index contributed by atoms with van der Waals surface area (Å²) in [5.74, 6) is 0.690. The second-order valence-electron chi connectivity index (χ2n) is 7.61. The summed E-state index contributed by atoms with van der Waals surface area (Å²) in [6.07, 6.45) is 3.24. The number of aromatic nitrogens is 3. The molecule has 0 fully saturated rings. The van der Waals surface area contributed by atoms with E-state index in [2.05, 4.69) is 63.4 Å². The summed E-state index contributed by atoms with van der Waals surface area (Å²) < 4.78 is 2.20. The van der Waals surface area contributed by atoms with E-state index in [-0.39, 0.29) is 11.9 Å². The van der Waals surface area contributed by atoms with Crippen molar-refractivity contribution in [3.63, 3.8) is 0 Å². The number of hydrogen-bond donors (Lipinski definition) is 1. The lowest BCUT2D eigenvalue weighted by Crippen LogP contribution is -2.28. The molecular formula is C26H22N4O. The Morgan fingerprint density at radius 2 is 1.68 bits per heavy atom. The van der Waals surface area contributed by atoms with E-state index >= 15 is 0 Å². The Morgan fingerprint density at radius 3 is 2.55 bits per heavy atom. The number of carbonyl (C=O) groups is 1. The van der Waals surface area contributed by atoms with Crippen molar-refractivity contribution in [3.05, 3.63) is 108 Å². The molecule has 0 radical (unpaired) electrons. The fraction of sp³-hybridized carbons (Fsp3) is 0.115. The van der Waals surface area contributed by atoms with Crippen LogP contribution in [0.5, 0.6) is 0 Å². The topological polar surface area (TPSA) is 59.8 Å². The molecule has 1 amide bonds. The molecule has 1 atom stereocenters. The Labute approximate surface area is 180 Å². The second kappa shape index (κ2) is 8.03. The fourth-order valence-electron chi connectivity index (χ4n) is 4.04. The highest BCUT2D eigenvalue weighted by molar-refractivity contribution is 5.94. The first kappa shape index (κ1) is 19.0. The van der Waals surface area contributed by atoms with Gasteiger partial charge in [0.15, 0.2) is 0 Å². The summed E-state index contributed by atoms with van der Waals surface area (Å²) >= 11 is 0. The van der Waals surface area contributed by atoms with E-state index in [4.69, 9.17) is 4.98 Å². The van der Waals surface area contributed by atoms with Crippen LogP contribution in [0.2, 0.25) is 0 Å². The molecule has 0 aliphatic rings. The molecule has 0 aliphatic heterocycles. The normalized spacial score (nSPS) is 12.2. The molecule has 5 rings (SSSR count). The van der Waals surface area contributed by atoms with Crippen molar-refractivity contribution >= 4 is 27.7 Å². The number of carbonyl (C=O) groups excluding carboxylic acids is 1. The van der Waals surface area contributed by atoms with Crippen LogP contribution in [0, 0.1) is 0 Å². The van der Waals surface area contributed by atoms with Crippen LogP contribution in [0.25, 0.3) is 21.8 Å². The minimum atomic E-state index is -0.261. The van der Waals surface area contributed by atoms with Crippen LogP contribution in [0.3, 0.4) is 0 Å². The van der Waals surface area contributed by atoms with Gasteiger partial charge in [-0.2, -0.15) is 0 Å². The van der Waals surface area contributed by atoms with Gasteiger partial charge in [0.1, 0.15) is 5.82 Å². The van der Waals surface area contributed by atoms with Crippen LogP contribution in [-0.4, -0.2) is 20.4 Å². The Kier molecular flexibility index (Phi) is 4.92. The van der Waals surface area contributed by atoms with Crippen LogP contribution in [-0.2, 0) is 6.54 Å². The fourth-order valence-corrected chi connectivity index (χ4v) is 4.04. The first-order valence-electron chi connectivity index (χ1n) is 10.3. The predicted molar refractivity (Wildman–Crippen MR) is 123 cm³/mol. The molecule has 0 bridgehead atoms. The zero-order chi connectivity index (χ0) is 21.2. The van der Waals surface area contributed by atoms with Crippen molar-refractivity contribution in [2.24, 2.45) is 0 Å². The van der Waals surface area contributed by atoms with Gasteiger partial charge in [-0.25, -0.2) is 4.98 Å². The van der Waals surface area contributed by atoms with Gasteiger partial charge in [0, 0.05) is 18.0 Å². The summed E-state index contributed by atoms with van der Waals surface area (Å²) in [5, 5.41) is 5.52. The highest BCUT2D eigenvalue weighted by Gasteiger charge is 2.19. The maximum atomic E-state index is 12.7. The number of imidazole rings is 1. The molecule has 2 aromatic heterocycles. The number of nitrogens with one attached hydrogen (secondary N) is 1. The smallest absolute Gasteiger partial charge is 0.251 e. The molecule has 1 unspecified atom stereocenters. The number of pyridine rings is 1. The Bertz CT molecular complexity index is 1370. The van der Waals surface area contributed by atoms with Crippen molar-refractivity contribution in [1.82, 2.24) is 19.9 Å². The summed E-state index contributed by atoms with van der Waals surface area (Å²) in [6, 6.07) is 26.0. The van der Waals surface area contributed by atoms with Gasteiger partial charge in [0.05, 0.1) is 23.6 Å². The van der Waals surface area contributed by atoms with E-state index in [1.165, 1.54) is 16.3 Å². The van der Waals surface area contributed by atoms with Gasteiger partial charge >= 0.3 is 0 Å². The Hall–Kier alpha value is -3.99. The Balaban J connectivity index is 1.55. The molecule has 0 saturated heterocycles. The summed E-state index contributed by atoms with van der Waals surface area (Å²) in [7, 11) is 0. The van der Waals surface area contributed by atoms with Crippen molar-refractivity contribution in [2.45, 2.75) is 19.5 Å². The molecular weight excluding hydrogens is 384 g/mol. The predicted octanol–water partition coefficient (Wildman–Crippen LogP) is 5.12. The molecule has 0 saturated carbocycles. The maximum Gasteiger partial charge on any atom is 0.251 e. The van der Waals surface area contributed by atoms with Gasteiger partial charge in [-0.1, -0.05) is 54.6 Å². The highest BCUT2D eigenvalue weighted by atomic mass is 16.1. The van der Waals surface area contributed by atoms with E-state index in [9.17, 15) is 4.79 Å². The summed E-state index contributed by atoms with van der Waals surface area (Å²) in [4.78, 5) is 21.6. The monoisotopic (exact) mass is 406 g/mol. The summed E-state index contributed by atoms with van der Waals surface area (Å²) in [6.45, 7) is 2.65. The maximum absolute atomic E-state index is 12.7. The van der Waals surface area contributed by atoms with E-state index < -0.39 is 0 Å². The van der Waals surface area contributed by atoms with Gasteiger partial charge in [-0.15, -0.1) is 0 Å². The lowest BCUT2D eigenvalue weighted by Gasteiger charge is -2.17. The average molecular weight is 406 g/mol. The third-order valence-corrected chi connectivity index (χ3v) is 5.57. The number of para-hydroxylation sites is 2. The number of amides is 1. The van der Waals surface area contributed by atoms with Crippen LogP contribution in [0.4, 0.5) is 0 Å². The molecule has 31 heavy (non-hydrogen) atoms. The third-order valence-electron chi connectivity index (χ3n) is 5.57. The van der Waals surface area contributed by atoms with Gasteiger partial charge in [-0.3, -0.25) is 9.78 Å². The second-order valence-corrected chi connectivity index (χ2v) is 7.61. The SMILES string of the molecule is CC(NC(=O)c1ccncc1)c1nc2ccccc2n1Cc1cccc2ccccc12. The molecule has 1 N–H and O–H groups in total. The summed E-state index contributed by atoms with van der Waals surface area (Å²) in [5.41, 5.74) is 3.77. The van der Waals surface area contributed by atoms with Crippen LogP contribution < -0.4 is 5.32 Å². The molecule has 0 spiro atoms. The number of fused-ring (bicyclic) bond motifs is 2. The van der Waals surface area contributed by atoms with E-state index in [0.717, 1.165) is 16.9 Å². The molecule has 5 aromatic rings. The molecule has 5 heteroatoms. The zero-order valence-electron chi connectivity index (χ0n) is 17.2. The van der Waals surface area contributed by atoms with Crippen molar-refractivity contribution < 1.29 is 4.79 Å². The minimum Gasteiger partial charge on any atom is -0.342 e. The van der Waals surface area contributed by atoms with Gasteiger partial charge in [0.25, 0.3) is 5.91 Å². The van der Waals surface area contributed by atoms with Gasteiger partial charge < -0.3 is 9.88 Å². The molecule has 5 nitrogen and oxygen atoms in total. The molecule has 0 aliphatic carbocycles. The lowest BCUT2D eigenvalue weighted by molar-refractivity contribution is 0.0937. The first-order valence-corrected chi connectivity index (χ1v) is 10.3. The van der Waals surface area contributed by atoms with Gasteiger partial charge in [0.2, 0.25) is 0 Å². The average Bonchev–Trinajstić information content (AvgIpc) is 3.18. The molecule has 2 heterocycles. The number of rotatable bonds is 5. The van der Waals surface area contributed by atoms with Crippen molar-refractivity contribution in [3.8, 4) is 0 Å². The lowest BCUT2D eigenvalue weighted by atomic mass is 10.0. The van der Waals surface area contributed by atoms with E-state index in [0.29, 0.717) is 12.1 Å². The number of nitrogens with zero attached hydrogens (tertiary/aromatic N) is 3. The Morgan fingerprint density at radius 1 is 0.935 bits per heavy atom. The first-order chi connectivity index (χ1) is 15.2. The minimum absolute atomic E-state index is 0.140. The third kappa shape index (κ3) is 3.66. The number of benzene rings is 3. The van der Waals surface area contributed by atoms with Gasteiger partial charge in [-0.05, 0) is 47.5 Å². The van der Waals surface area contributed by atoms with Crippen molar-refractivity contribution in [1.29, 1.82) is 0 Å². The van der Waals surface area contributed by atoms with E-state index in [1.807, 2.05) is 25.1 Å².